The molecule has 2 nitrogen and oxygen atoms in total. The zero-order valence-corrected chi connectivity index (χ0v) is 7.52. The van der Waals surface area contributed by atoms with Crippen LogP contribution in [-0.2, 0) is 9.53 Å². The van der Waals surface area contributed by atoms with Gasteiger partial charge in [0, 0.05) is 6.42 Å². The Labute approximate surface area is 68.2 Å². The van der Waals surface area contributed by atoms with E-state index in [1.807, 2.05) is 26.8 Å². The highest BCUT2D eigenvalue weighted by Gasteiger charge is 1.97. The third-order valence-corrected chi connectivity index (χ3v) is 1.19. The van der Waals surface area contributed by atoms with Crippen LogP contribution in [0.2, 0.25) is 0 Å². The van der Waals surface area contributed by atoms with E-state index in [9.17, 15) is 4.79 Å². The molecule has 0 saturated carbocycles. The van der Waals surface area contributed by atoms with Crippen LogP contribution in [0.25, 0.3) is 0 Å². The van der Waals surface area contributed by atoms with Gasteiger partial charge in [0.2, 0.25) is 0 Å². The van der Waals surface area contributed by atoms with Crippen molar-refractivity contribution in [2.24, 2.45) is 0 Å². The first kappa shape index (κ1) is 10.2. The lowest BCUT2D eigenvalue weighted by atomic mass is 10.3. The molecule has 0 spiro atoms. The molecule has 0 amide bonds. The predicted octanol–water partition coefficient (Wildman–Crippen LogP) is 2.30. The van der Waals surface area contributed by atoms with Crippen LogP contribution >= 0.6 is 0 Å². The van der Waals surface area contributed by atoms with Gasteiger partial charge in [0.15, 0.2) is 0 Å². The first-order chi connectivity index (χ1) is 5.16. The fourth-order valence-corrected chi connectivity index (χ4v) is 0.578. The molecule has 0 rings (SSSR count). The molecule has 0 N–H and O–H groups in total. The minimum Gasteiger partial charge on any atom is -0.461 e. The molecule has 0 aliphatic heterocycles. The number of allylic oxidation sites excluding steroid dienone is 1. The zero-order valence-electron chi connectivity index (χ0n) is 7.52. The SMILES string of the molecule is CCCC(=O)OCC=C(C)C. The van der Waals surface area contributed by atoms with Gasteiger partial charge in [-0.05, 0) is 26.3 Å². The molecule has 0 aromatic carbocycles. The lowest BCUT2D eigenvalue weighted by molar-refractivity contribution is -0.142. The summed E-state index contributed by atoms with van der Waals surface area (Å²) in [4.78, 5) is 10.8. The number of hydrogen-bond donors (Lipinski definition) is 0. The smallest absolute Gasteiger partial charge is 0.306 e. The van der Waals surface area contributed by atoms with Crippen LogP contribution in [0.15, 0.2) is 11.6 Å². The Kier molecular flexibility index (Phi) is 5.53. The molecule has 0 radical (unpaired) electrons. The molecule has 0 bridgehead atoms. The number of carbonyl (C=O) groups is 1. The maximum absolute atomic E-state index is 10.8. The van der Waals surface area contributed by atoms with E-state index in [1.165, 1.54) is 5.57 Å². The second-order valence-electron chi connectivity index (χ2n) is 2.71. The maximum atomic E-state index is 10.8. The van der Waals surface area contributed by atoms with Crippen molar-refractivity contribution in [1.29, 1.82) is 0 Å². The number of rotatable bonds is 4. The largest absolute Gasteiger partial charge is 0.461 e. The highest BCUT2D eigenvalue weighted by molar-refractivity contribution is 5.69. The Hall–Kier alpha value is -0.790. The zero-order chi connectivity index (χ0) is 8.69. The summed E-state index contributed by atoms with van der Waals surface area (Å²) in [5.41, 5.74) is 1.18. The summed E-state index contributed by atoms with van der Waals surface area (Å²) in [5, 5.41) is 0. The topological polar surface area (TPSA) is 26.3 Å². The van der Waals surface area contributed by atoms with Crippen molar-refractivity contribution in [2.75, 3.05) is 6.61 Å². The van der Waals surface area contributed by atoms with Gasteiger partial charge >= 0.3 is 5.97 Å². The summed E-state index contributed by atoms with van der Waals surface area (Å²) >= 11 is 0. The number of ether oxygens (including phenoxy) is 1. The molecule has 0 fully saturated rings. The molecule has 11 heavy (non-hydrogen) atoms. The van der Waals surface area contributed by atoms with Gasteiger partial charge in [0.05, 0.1) is 0 Å². The van der Waals surface area contributed by atoms with Crippen LogP contribution in [0.5, 0.6) is 0 Å². The van der Waals surface area contributed by atoms with Crippen molar-refractivity contribution in [2.45, 2.75) is 33.6 Å². The van der Waals surface area contributed by atoms with Gasteiger partial charge in [-0.15, -0.1) is 0 Å². The van der Waals surface area contributed by atoms with Crippen LogP contribution in [-0.4, -0.2) is 12.6 Å². The van der Waals surface area contributed by atoms with Gasteiger partial charge in [-0.1, -0.05) is 12.5 Å². The lowest BCUT2D eigenvalue weighted by Crippen LogP contribution is -2.03. The first-order valence-corrected chi connectivity index (χ1v) is 3.95. The van der Waals surface area contributed by atoms with Crippen LogP contribution < -0.4 is 0 Å². The Balaban J connectivity index is 3.39. The molecule has 2 heteroatoms. The van der Waals surface area contributed by atoms with E-state index >= 15 is 0 Å². The first-order valence-electron chi connectivity index (χ1n) is 3.95. The van der Waals surface area contributed by atoms with Gasteiger partial charge in [-0.3, -0.25) is 4.79 Å². The van der Waals surface area contributed by atoms with E-state index in [0.29, 0.717) is 13.0 Å². The number of hydrogen-bond acceptors (Lipinski definition) is 2. The number of carbonyl (C=O) groups excluding carboxylic acids is 1. The van der Waals surface area contributed by atoms with Crippen molar-refractivity contribution < 1.29 is 9.53 Å². The van der Waals surface area contributed by atoms with Crippen molar-refractivity contribution in [3.63, 3.8) is 0 Å². The normalized spacial score (nSPS) is 9.00. The standard InChI is InChI=1S/C9H16O2/c1-4-5-9(10)11-7-6-8(2)3/h6H,4-5,7H2,1-3H3. The minimum absolute atomic E-state index is 0.106. The van der Waals surface area contributed by atoms with Crippen molar-refractivity contribution in [1.82, 2.24) is 0 Å². The van der Waals surface area contributed by atoms with E-state index < -0.39 is 0 Å². The van der Waals surface area contributed by atoms with Crippen LogP contribution in [0, 0.1) is 0 Å². The Morgan fingerprint density at radius 3 is 2.55 bits per heavy atom. The van der Waals surface area contributed by atoms with Crippen molar-refractivity contribution in [3.05, 3.63) is 11.6 Å². The Bertz CT molecular complexity index is 144. The summed E-state index contributed by atoms with van der Waals surface area (Å²) in [7, 11) is 0. The molecule has 0 aliphatic rings. The molecule has 0 saturated heterocycles. The van der Waals surface area contributed by atoms with Gasteiger partial charge in [0.25, 0.3) is 0 Å². The molecule has 0 unspecified atom stereocenters. The molecule has 0 atom stereocenters. The van der Waals surface area contributed by atoms with Crippen molar-refractivity contribution >= 4 is 5.97 Å². The molecular weight excluding hydrogens is 140 g/mol. The van der Waals surface area contributed by atoms with E-state index in [2.05, 4.69) is 0 Å². The molecule has 0 aromatic rings. The summed E-state index contributed by atoms with van der Waals surface area (Å²) in [5.74, 6) is -0.106. The molecule has 0 aliphatic carbocycles. The summed E-state index contributed by atoms with van der Waals surface area (Å²) in [6.07, 6.45) is 3.28. The van der Waals surface area contributed by atoms with Crippen LogP contribution in [0.3, 0.4) is 0 Å². The van der Waals surface area contributed by atoms with Gasteiger partial charge < -0.3 is 4.74 Å². The summed E-state index contributed by atoms with van der Waals surface area (Å²) in [6.45, 7) is 6.34. The fourth-order valence-electron chi connectivity index (χ4n) is 0.578. The second-order valence-corrected chi connectivity index (χ2v) is 2.71. The number of esters is 1. The van der Waals surface area contributed by atoms with Gasteiger partial charge in [-0.2, -0.15) is 0 Å². The summed E-state index contributed by atoms with van der Waals surface area (Å²) in [6, 6.07) is 0. The van der Waals surface area contributed by atoms with Crippen LogP contribution in [0.1, 0.15) is 33.6 Å². The molecule has 64 valence electrons. The highest BCUT2D eigenvalue weighted by Crippen LogP contribution is 1.93. The average molecular weight is 156 g/mol. The molecule has 0 aromatic heterocycles. The second kappa shape index (κ2) is 5.96. The van der Waals surface area contributed by atoms with Gasteiger partial charge in [-0.25, -0.2) is 0 Å². The van der Waals surface area contributed by atoms with Crippen LogP contribution in [0.4, 0.5) is 0 Å². The fraction of sp³-hybridized carbons (Fsp3) is 0.667. The van der Waals surface area contributed by atoms with E-state index in [-0.39, 0.29) is 5.97 Å². The average Bonchev–Trinajstić information content (AvgIpc) is 1.87. The predicted molar refractivity (Wildman–Crippen MR) is 45.3 cm³/mol. The van der Waals surface area contributed by atoms with E-state index in [0.717, 1.165) is 6.42 Å². The quantitative estimate of drug-likeness (QED) is 0.461. The minimum atomic E-state index is -0.106. The third-order valence-electron chi connectivity index (χ3n) is 1.19. The molecule has 0 heterocycles. The lowest BCUT2D eigenvalue weighted by Gasteiger charge is -1.99. The molecular formula is C9H16O2. The Morgan fingerprint density at radius 1 is 1.45 bits per heavy atom. The Morgan fingerprint density at radius 2 is 2.09 bits per heavy atom. The maximum Gasteiger partial charge on any atom is 0.306 e. The monoisotopic (exact) mass is 156 g/mol. The van der Waals surface area contributed by atoms with Crippen molar-refractivity contribution in [3.8, 4) is 0 Å². The van der Waals surface area contributed by atoms with E-state index in [4.69, 9.17) is 4.74 Å². The summed E-state index contributed by atoms with van der Waals surface area (Å²) < 4.78 is 4.88. The van der Waals surface area contributed by atoms with Gasteiger partial charge in [0.1, 0.15) is 6.61 Å². The third kappa shape index (κ3) is 7.10. The highest BCUT2D eigenvalue weighted by atomic mass is 16.5. The van der Waals surface area contributed by atoms with E-state index in [1.54, 1.807) is 0 Å².